The summed E-state index contributed by atoms with van der Waals surface area (Å²) in [5, 5.41) is 0. The molecule has 0 radical (unpaired) electrons. The van der Waals surface area contributed by atoms with Crippen molar-refractivity contribution in [1.29, 1.82) is 0 Å². The first kappa shape index (κ1) is 34.8. The molecule has 1 aliphatic rings. The van der Waals surface area contributed by atoms with Gasteiger partial charge in [-0.2, -0.15) is 0 Å². The Labute approximate surface area is 331 Å². The van der Waals surface area contributed by atoms with Gasteiger partial charge < -0.3 is 9.80 Å². The van der Waals surface area contributed by atoms with Crippen molar-refractivity contribution in [2.45, 2.75) is 26.2 Å². The lowest BCUT2D eigenvalue weighted by molar-refractivity contribution is 0.660. The molecule has 0 N–H and O–H groups in total. The fourth-order valence-corrected chi connectivity index (χ4v) is 8.19. The fourth-order valence-electron chi connectivity index (χ4n) is 8.19. The Kier molecular flexibility index (Phi) is 9.17. The summed E-state index contributed by atoms with van der Waals surface area (Å²) in [7, 11) is 0. The number of nitrogens with zero attached hydrogens (tertiary/aromatic N) is 2. The second-order valence-electron chi connectivity index (χ2n) is 15.1. The van der Waals surface area contributed by atoms with Gasteiger partial charge in [0.2, 0.25) is 0 Å². The van der Waals surface area contributed by atoms with Crippen molar-refractivity contribution in [2.75, 3.05) is 9.80 Å². The van der Waals surface area contributed by atoms with Crippen LogP contribution in [-0.4, -0.2) is 0 Å². The minimum atomic E-state index is -0.0656. The average Bonchev–Trinajstić information content (AvgIpc) is 3.48. The maximum atomic E-state index is 2.40. The van der Waals surface area contributed by atoms with Crippen LogP contribution in [0.15, 0.2) is 200 Å². The summed E-state index contributed by atoms with van der Waals surface area (Å²) >= 11 is 0. The maximum Gasteiger partial charge on any atom is 0.0490 e. The largest absolute Gasteiger partial charge is 0.311 e. The van der Waals surface area contributed by atoms with Crippen LogP contribution >= 0.6 is 0 Å². The van der Waals surface area contributed by atoms with Crippen molar-refractivity contribution in [1.82, 2.24) is 0 Å². The molecule has 9 rings (SSSR count). The molecule has 0 spiro atoms. The van der Waals surface area contributed by atoms with Gasteiger partial charge in [-0.1, -0.05) is 159 Å². The van der Waals surface area contributed by atoms with E-state index in [9.17, 15) is 0 Å². The van der Waals surface area contributed by atoms with E-state index in [0.717, 1.165) is 33.9 Å². The second-order valence-corrected chi connectivity index (χ2v) is 15.1. The van der Waals surface area contributed by atoms with E-state index in [1.165, 1.54) is 50.3 Å². The lowest BCUT2D eigenvalue weighted by Crippen LogP contribution is -2.16. The Morgan fingerprint density at radius 1 is 0.375 bits per heavy atom. The van der Waals surface area contributed by atoms with E-state index in [1.54, 1.807) is 0 Å². The zero-order valence-corrected chi connectivity index (χ0v) is 32.1. The molecule has 270 valence electrons. The predicted octanol–water partition coefficient (Wildman–Crippen LogP) is 15.1. The van der Waals surface area contributed by atoms with Crippen LogP contribution in [0.1, 0.15) is 41.7 Å². The van der Waals surface area contributed by atoms with Crippen LogP contribution in [0.3, 0.4) is 0 Å². The number of para-hydroxylation sites is 3. The molecule has 8 aromatic carbocycles. The lowest BCUT2D eigenvalue weighted by atomic mass is 9.82. The molecular formula is C54H44N2. The minimum absolute atomic E-state index is 0.0656. The van der Waals surface area contributed by atoms with Crippen molar-refractivity contribution in [3.63, 3.8) is 0 Å². The van der Waals surface area contributed by atoms with Crippen molar-refractivity contribution < 1.29 is 0 Å². The van der Waals surface area contributed by atoms with E-state index >= 15 is 0 Å². The molecule has 2 heteroatoms. The number of fused-ring (bicyclic) bond motifs is 3. The monoisotopic (exact) mass is 720 g/mol. The van der Waals surface area contributed by atoms with Crippen molar-refractivity contribution in [2.24, 2.45) is 0 Å². The predicted molar refractivity (Wildman–Crippen MR) is 239 cm³/mol. The van der Waals surface area contributed by atoms with E-state index < -0.39 is 0 Å². The quantitative estimate of drug-likeness (QED) is 0.137. The van der Waals surface area contributed by atoms with E-state index in [2.05, 4.69) is 243 Å². The van der Waals surface area contributed by atoms with Crippen molar-refractivity contribution in [3.8, 4) is 22.3 Å². The van der Waals surface area contributed by atoms with Gasteiger partial charge >= 0.3 is 0 Å². The molecule has 0 aliphatic heterocycles. The second kappa shape index (κ2) is 14.7. The summed E-state index contributed by atoms with van der Waals surface area (Å²) in [4.78, 5) is 4.69. The highest BCUT2D eigenvalue weighted by molar-refractivity contribution is 5.86. The first-order valence-corrected chi connectivity index (χ1v) is 19.4. The Hall–Kier alpha value is -6.90. The summed E-state index contributed by atoms with van der Waals surface area (Å²) in [6.45, 7) is 6.88. The third kappa shape index (κ3) is 6.61. The van der Waals surface area contributed by atoms with Crippen molar-refractivity contribution in [3.05, 3.63) is 228 Å². The molecule has 1 aliphatic carbocycles. The van der Waals surface area contributed by atoms with E-state index in [1.807, 2.05) is 0 Å². The highest BCUT2D eigenvalue weighted by atomic mass is 15.1. The minimum Gasteiger partial charge on any atom is -0.311 e. The molecule has 8 aromatic rings. The molecule has 0 atom stereocenters. The topological polar surface area (TPSA) is 6.48 Å². The van der Waals surface area contributed by atoms with Gasteiger partial charge in [0.15, 0.2) is 0 Å². The zero-order chi connectivity index (χ0) is 38.1. The highest BCUT2D eigenvalue weighted by Gasteiger charge is 2.35. The van der Waals surface area contributed by atoms with E-state index in [0.29, 0.717) is 0 Å². The number of hydrogen-bond donors (Lipinski definition) is 0. The molecule has 0 fully saturated rings. The Bertz CT molecular complexity index is 2600. The maximum absolute atomic E-state index is 2.40. The van der Waals surface area contributed by atoms with Crippen LogP contribution in [0, 0.1) is 6.92 Å². The number of aryl methyl sites for hydroxylation is 1. The Morgan fingerprint density at radius 3 is 1.45 bits per heavy atom. The summed E-state index contributed by atoms with van der Waals surface area (Å²) in [5.74, 6) is 0. The van der Waals surface area contributed by atoms with Gasteiger partial charge in [-0.3, -0.25) is 0 Å². The molecule has 0 saturated heterocycles. The van der Waals surface area contributed by atoms with Crippen LogP contribution < -0.4 is 9.80 Å². The van der Waals surface area contributed by atoms with Gasteiger partial charge in [-0.05, 0) is 124 Å². The normalized spacial score (nSPS) is 12.6. The van der Waals surface area contributed by atoms with Gasteiger partial charge in [-0.15, -0.1) is 0 Å². The zero-order valence-electron chi connectivity index (χ0n) is 32.1. The van der Waals surface area contributed by atoms with Gasteiger partial charge in [-0.25, -0.2) is 0 Å². The van der Waals surface area contributed by atoms with Gasteiger partial charge in [0.05, 0.1) is 0 Å². The molecular weight excluding hydrogens is 677 g/mol. The standard InChI is InChI=1S/C54H44N2/c1-39-14-10-13-21-53(39)56(48-36-37-50-49-19-11-12-20-51(49)54(2,3)52(50)38-48)47-32-26-41(27-33-47)23-22-40-24-28-42(29-25-40)43-30-34-46(35-31-43)55(44-15-6-4-7-16-44)45-17-8-5-9-18-45/h4-38H,1-3H3. The number of benzene rings is 8. The third-order valence-electron chi connectivity index (χ3n) is 11.2. The van der Waals surface area contributed by atoms with E-state index in [4.69, 9.17) is 0 Å². The third-order valence-corrected chi connectivity index (χ3v) is 11.2. The highest BCUT2D eigenvalue weighted by Crippen LogP contribution is 2.50. The van der Waals surface area contributed by atoms with Crippen LogP contribution in [0.5, 0.6) is 0 Å². The van der Waals surface area contributed by atoms with Crippen LogP contribution in [0.4, 0.5) is 34.1 Å². The summed E-state index contributed by atoms with van der Waals surface area (Å²) in [5.41, 5.74) is 18.2. The molecule has 2 nitrogen and oxygen atoms in total. The lowest BCUT2D eigenvalue weighted by Gasteiger charge is -2.29. The number of hydrogen-bond acceptors (Lipinski definition) is 2. The van der Waals surface area contributed by atoms with Gasteiger partial charge in [0, 0.05) is 39.5 Å². The molecule has 0 aromatic heterocycles. The summed E-state index contributed by atoms with van der Waals surface area (Å²) in [6.07, 6.45) is 4.39. The number of anilines is 6. The number of rotatable bonds is 9. The van der Waals surface area contributed by atoms with Crippen LogP contribution in [-0.2, 0) is 5.41 Å². The molecule has 0 heterocycles. The molecule has 56 heavy (non-hydrogen) atoms. The average molecular weight is 721 g/mol. The Morgan fingerprint density at radius 2 is 0.821 bits per heavy atom. The van der Waals surface area contributed by atoms with E-state index in [-0.39, 0.29) is 5.41 Å². The van der Waals surface area contributed by atoms with Crippen LogP contribution in [0.25, 0.3) is 34.4 Å². The summed E-state index contributed by atoms with van der Waals surface area (Å²) in [6, 6.07) is 72.1. The smallest absolute Gasteiger partial charge is 0.0490 e. The Balaban J connectivity index is 0.943. The van der Waals surface area contributed by atoms with Crippen molar-refractivity contribution >= 4 is 46.3 Å². The SMILES string of the molecule is Cc1ccccc1N(c1ccc(C=Cc2ccc(-c3ccc(N(c4ccccc4)c4ccccc4)cc3)cc2)cc1)c1ccc2c(c1)C(C)(C)c1ccccc1-2. The van der Waals surface area contributed by atoms with Gasteiger partial charge in [0.25, 0.3) is 0 Å². The molecule has 0 saturated carbocycles. The first-order valence-electron chi connectivity index (χ1n) is 19.4. The van der Waals surface area contributed by atoms with Crippen LogP contribution in [0.2, 0.25) is 0 Å². The molecule has 0 bridgehead atoms. The molecule has 0 amide bonds. The summed E-state index contributed by atoms with van der Waals surface area (Å²) < 4.78 is 0. The molecule has 0 unspecified atom stereocenters. The first-order chi connectivity index (χ1) is 27.4. The fraction of sp³-hybridized carbons (Fsp3) is 0.0741. The van der Waals surface area contributed by atoms with Gasteiger partial charge in [0.1, 0.15) is 0 Å².